The van der Waals surface area contributed by atoms with E-state index in [0.29, 0.717) is 43.8 Å². The topological polar surface area (TPSA) is 94.9 Å². The summed E-state index contributed by atoms with van der Waals surface area (Å²) >= 11 is 0. The minimum atomic E-state index is -3.74. The monoisotopic (exact) mass is 520 g/mol. The number of anilines is 1. The maximum atomic E-state index is 13.3. The summed E-state index contributed by atoms with van der Waals surface area (Å²) in [6.07, 6.45) is -3.74. The number of benzene rings is 3. The van der Waals surface area contributed by atoms with Crippen molar-refractivity contribution in [3.63, 3.8) is 0 Å². The molecule has 0 atom stereocenters. The van der Waals surface area contributed by atoms with Crippen LogP contribution in [0.25, 0.3) is 10.9 Å². The third-order valence-electron chi connectivity index (χ3n) is 6.36. The molecule has 2 aliphatic rings. The summed E-state index contributed by atoms with van der Waals surface area (Å²) in [6.45, 7) is 2.60. The van der Waals surface area contributed by atoms with E-state index in [2.05, 4.69) is 19.9 Å². The van der Waals surface area contributed by atoms with Crippen molar-refractivity contribution in [3.05, 3.63) is 83.6 Å². The summed E-state index contributed by atoms with van der Waals surface area (Å²) in [6, 6.07) is 18.6. The number of rotatable bonds is 5. The molecule has 6 rings (SSSR count). The van der Waals surface area contributed by atoms with Crippen LogP contribution in [-0.4, -0.2) is 59.1 Å². The first-order chi connectivity index (χ1) is 18.4. The lowest BCUT2D eigenvalue weighted by Crippen LogP contribution is -2.40. The van der Waals surface area contributed by atoms with Gasteiger partial charge in [0.15, 0.2) is 17.2 Å². The SMILES string of the molecule is O=C(Nc1ccc2c(c1)OC(F)(F)O2)c1nn(Cc2ccc(C(=O)N3CCOCC3)cc2)c2ccccc12. The summed E-state index contributed by atoms with van der Waals surface area (Å²) in [5.41, 5.74) is 2.69. The standard InChI is InChI=1S/C27H22F2N4O5/c28-27(29)37-22-10-9-19(15-23(22)38-27)30-25(34)24-20-3-1-2-4-21(20)33(31-24)16-17-5-7-18(8-6-17)26(35)32-11-13-36-14-12-32/h1-10,15H,11-14,16H2,(H,30,34). The molecule has 0 aliphatic carbocycles. The number of amides is 2. The summed E-state index contributed by atoms with van der Waals surface area (Å²) in [7, 11) is 0. The van der Waals surface area contributed by atoms with E-state index in [1.807, 2.05) is 24.3 Å². The van der Waals surface area contributed by atoms with Crippen LogP contribution in [0, 0.1) is 0 Å². The van der Waals surface area contributed by atoms with Gasteiger partial charge in [0.1, 0.15) is 0 Å². The quantitative estimate of drug-likeness (QED) is 0.425. The Morgan fingerprint density at radius 2 is 1.68 bits per heavy atom. The highest BCUT2D eigenvalue weighted by Gasteiger charge is 2.43. The van der Waals surface area contributed by atoms with Gasteiger partial charge in [0.25, 0.3) is 11.8 Å². The van der Waals surface area contributed by atoms with Gasteiger partial charge in [-0.25, -0.2) is 0 Å². The van der Waals surface area contributed by atoms with Crippen molar-refractivity contribution in [1.82, 2.24) is 14.7 Å². The molecule has 3 heterocycles. The molecule has 194 valence electrons. The van der Waals surface area contributed by atoms with Crippen LogP contribution in [0.2, 0.25) is 0 Å². The van der Waals surface area contributed by atoms with Gasteiger partial charge in [-0.05, 0) is 35.9 Å². The van der Waals surface area contributed by atoms with Crippen LogP contribution >= 0.6 is 0 Å². The lowest BCUT2D eigenvalue weighted by Gasteiger charge is -2.26. The molecule has 0 bridgehead atoms. The number of nitrogens with zero attached hydrogens (tertiary/aromatic N) is 3. The highest BCUT2D eigenvalue weighted by molar-refractivity contribution is 6.11. The molecule has 2 amide bonds. The van der Waals surface area contributed by atoms with Crippen LogP contribution in [0.4, 0.5) is 14.5 Å². The summed E-state index contributed by atoms with van der Waals surface area (Å²) < 4.78 is 42.5. The van der Waals surface area contributed by atoms with E-state index in [4.69, 9.17) is 4.74 Å². The average molecular weight is 520 g/mol. The second-order valence-electron chi connectivity index (χ2n) is 8.91. The third kappa shape index (κ3) is 4.63. The van der Waals surface area contributed by atoms with E-state index in [9.17, 15) is 18.4 Å². The lowest BCUT2D eigenvalue weighted by molar-refractivity contribution is -0.286. The van der Waals surface area contributed by atoms with Gasteiger partial charge >= 0.3 is 6.29 Å². The number of carbonyl (C=O) groups is 2. The maximum Gasteiger partial charge on any atom is 0.586 e. The molecule has 9 nitrogen and oxygen atoms in total. The Morgan fingerprint density at radius 1 is 0.947 bits per heavy atom. The molecule has 1 aromatic heterocycles. The molecule has 0 saturated carbocycles. The van der Waals surface area contributed by atoms with Gasteiger partial charge in [-0.15, -0.1) is 8.78 Å². The summed E-state index contributed by atoms with van der Waals surface area (Å²) in [5, 5.41) is 7.87. The zero-order chi connectivity index (χ0) is 26.3. The van der Waals surface area contributed by atoms with Crippen LogP contribution in [0.15, 0.2) is 66.7 Å². The molecule has 11 heteroatoms. The predicted molar refractivity (Wildman–Crippen MR) is 133 cm³/mol. The molecule has 1 N–H and O–H groups in total. The number of ether oxygens (including phenoxy) is 3. The Balaban J connectivity index is 1.21. The van der Waals surface area contributed by atoms with Gasteiger partial charge in [0.2, 0.25) is 0 Å². The molecular weight excluding hydrogens is 498 g/mol. The average Bonchev–Trinajstić information content (AvgIpc) is 3.44. The predicted octanol–water partition coefficient (Wildman–Crippen LogP) is 4.13. The van der Waals surface area contributed by atoms with Crippen LogP contribution < -0.4 is 14.8 Å². The Bertz CT molecular complexity index is 1530. The number of fused-ring (bicyclic) bond motifs is 2. The molecule has 38 heavy (non-hydrogen) atoms. The van der Waals surface area contributed by atoms with Crippen molar-refractivity contribution in [3.8, 4) is 11.5 Å². The van der Waals surface area contributed by atoms with Gasteiger partial charge < -0.3 is 24.4 Å². The molecule has 0 radical (unpaired) electrons. The summed E-state index contributed by atoms with van der Waals surface area (Å²) in [5.74, 6) is -0.813. The van der Waals surface area contributed by atoms with Crippen LogP contribution in [-0.2, 0) is 11.3 Å². The molecule has 0 unspecified atom stereocenters. The van der Waals surface area contributed by atoms with Crippen LogP contribution in [0.1, 0.15) is 26.4 Å². The van der Waals surface area contributed by atoms with Gasteiger partial charge in [-0.1, -0.05) is 30.3 Å². The molecule has 2 aliphatic heterocycles. The van der Waals surface area contributed by atoms with Crippen molar-refractivity contribution in [1.29, 1.82) is 0 Å². The first-order valence-electron chi connectivity index (χ1n) is 12.0. The third-order valence-corrected chi connectivity index (χ3v) is 6.36. The van der Waals surface area contributed by atoms with Crippen LogP contribution in [0.5, 0.6) is 11.5 Å². The highest BCUT2D eigenvalue weighted by atomic mass is 19.3. The van der Waals surface area contributed by atoms with Gasteiger partial charge in [-0.2, -0.15) is 5.10 Å². The number of halogens is 2. The Kier molecular flexibility index (Phi) is 5.91. The Hall–Kier alpha value is -4.51. The van der Waals surface area contributed by atoms with E-state index in [0.717, 1.165) is 11.1 Å². The first kappa shape index (κ1) is 23.9. The fourth-order valence-electron chi connectivity index (χ4n) is 4.51. The smallest absolute Gasteiger partial charge is 0.395 e. The van der Waals surface area contributed by atoms with Gasteiger partial charge in [0.05, 0.1) is 25.3 Å². The Labute approximate surface area is 215 Å². The fraction of sp³-hybridized carbons (Fsp3) is 0.222. The van der Waals surface area contributed by atoms with Crippen molar-refractivity contribution >= 4 is 28.4 Å². The molecule has 1 fully saturated rings. The maximum absolute atomic E-state index is 13.3. The Morgan fingerprint density at radius 3 is 2.47 bits per heavy atom. The number of nitrogens with one attached hydrogen (secondary N) is 1. The molecule has 0 spiro atoms. The number of alkyl halides is 2. The van der Waals surface area contributed by atoms with E-state index in [-0.39, 0.29) is 28.8 Å². The number of hydrogen-bond donors (Lipinski definition) is 1. The molecular formula is C27H22F2N4O5. The van der Waals surface area contributed by atoms with Crippen molar-refractivity contribution < 1.29 is 32.6 Å². The second-order valence-corrected chi connectivity index (χ2v) is 8.91. The van der Waals surface area contributed by atoms with Gasteiger partial charge in [0, 0.05) is 35.8 Å². The fourth-order valence-corrected chi connectivity index (χ4v) is 4.51. The minimum Gasteiger partial charge on any atom is -0.395 e. The number of aromatic nitrogens is 2. The lowest BCUT2D eigenvalue weighted by atomic mass is 10.1. The normalized spacial score (nSPS) is 16.0. The van der Waals surface area contributed by atoms with Crippen molar-refractivity contribution in [2.45, 2.75) is 12.8 Å². The zero-order valence-electron chi connectivity index (χ0n) is 20.0. The first-order valence-corrected chi connectivity index (χ1v) is 12.0. The molecule has 1 saturated heterocycles. The largest absolute Gasteiger partial charge is 0.586 e. The number of carbonyl (C=O) groups excluding carboxylic acids is 2. The minimum absolute atomic E-state index is 0.0319. The van der Waals surface area contributed by atoms with E-state index in [1.54, 1.807) is 33.8 Å². The number of para-hydroxylation sites is 1. The summed E-state index contributed by atoms with van der Waals surface area (Å²) in [4.78, 5) is 27.6. The second kappa shape index (κ2) is 9.42. The zero-order valence-corrected chi connectivity index (χ0v) is 20.0. The van der Waals surface area contributed by atoms with Gasteiger partial charge in [-0.3, -0.25) is 14.3 Å². The molecule has 3 aromatic carbocycles. The van der Waals surface area contributed by atoms with E-state index >= 15 is 0 Å². The van der Waals surface area contributed by atoms with Crippen molar-refractivity contribution in [2.75, 3.05) is 31.6 Å². The highest BCUT2D eigenvalue weighted by Crippen LogP contribution is 2.42. The van der Waals surface area contributed by atoms with Crippen LogP contribution in [0.3, 0.4) is 0 Å². The van der Waals surface area contributed by atoms with E-state index in [1.165, 1.54) is 18.2 Å². The molecule has 4 aromatic rings. The van der Waals surface area contributed by atoms with E-state index < -0.39 is 12.2 Å². The van der Waals surface area contributed by atoms with Crippen molar-refractivity contribution in [2.24, 2.45) is 0 Å². The number of morpholine rings is 1. The number of hydrogen-bond acceptors (Lipinski definition) is 6.